The summed E-state index contributed by atoms with van der Waals surface area (Å²) < 4.78 is 6.07. The second-order valence-electron chi connectivity index (χ2n) is 10.5. The number of para-hydroxylation sites is 1. The first kappa shape index (κ1) is 27.2. The first-order valence-corrected chi connectivity index (χ1v) is 12.7. The van der Waals surface area contributed by atoms with Crippen molar-refractivity contribution in [1.29, 1.82) is 0 Å². The summed E-state index contributed by atoms with van der Waals surface area (Å²) in [6.45, 7) is 15.9. The molecule has 3 rings (SSSR count). The minimum absolute atomic E-state index is 0.0677. The summed E-state index contributed by atoms with van der Waals surface area (Å²) >= 11 is 0. The van der Waals surface area contributed by atoms with Crippen molar-refractivity contribution < 1.29 is 14.3 Å². The van der Waals surface area contributed by atoms with Crippen LogP contribution in [0.1, 0.15) is 60.8 Å². The van der Waals surface area contributed by atoms with E-state index in [4.69, 9.17) is 4.74 Å². The fourth-order valence-corrected chi connectivity index (χ4v) is 4.30. The van der Waals surface area contributed by atoms with Crippen molar-refractivity contribution in [2.75, 3.05) is 32.7 Å². The van der Waals surface area contributed by atoms with Gasteiger partial charge in [0.05, 0.1) is 18.7 Å². The van der Waals surface area contributed by atoms with Crippen molar-refractivity contribution in [3.05, 3.63) is 30.3 Å². The predicted molar refractivity (Wildman–Crippen MR) is 134 cm³/mol. The Morgan fingerprint density at radius 3 is 2.21 bits per heavy atom. The third kappa shape index (κ3) is 9.36. The molecule has 2 atom stereocenters. The number of rotatable bonds is 7. The zero-order valence-electron chi connectivity index (χ0n) is 21.5. The normalized spacial score (nSPS) is 20.5. The van der Waals surface area contributed by atoms with E-state index in [9.17, 15) is 9.59 Å². The molecule has 1 N–H and O–H groups in total. The highest BCUT2D eigenvalue weighted by Crippen LogP contribution is 2.24. The molecule has 2 unspecified atom stereocenters. The van der Waals surface area contributed by atoms with E-state index in [2.05, 4.69) is 46.9 Å². The van der Waals surface area contributed by atoms with Crippen LogP contribution in [-0.4, -0.2) is 66.5 Å². The van der Waals surface area contributed by atoms with Gasteiger partial charge in [0.15, 0.2) is 0 Å². The standard InChI is InChI=1S/C23H35N3O3.C4H10/c1-17(2)15-21-23(28)26(14-11-24-21)16-22(27)25-12-9-19(10-13-25)18(3)29-20-7-5-4-6-8-20;1-4(2)3/h4-8,17-19,21,24H,9-16H2,1-3H3;4H,1-3H3. The van der Waals surface area contributed by atoms with E-state index in [0.29, 0.717) is 18.4 Å². The monoisotopic (exact) mass is 459 g/mol. The lowest BCUT2D eigenvalue weighted by atomic mass is 9.92. The van der Waals surface area contributed by atoms with Crippen LogP contribution in [-0.2, 0) is 9.59 Å². The van der Waals surface area contributed by atoms with Gasteiger partial charge in [0.2, 0.25) is 11.8 Å². The SMILES string of the molecule is CC(C)C.CC(C)CC1NCCN(CC(=O)N2CCC(C(C)Oc3ccccc3)CC2)C1=O. The van der Waals surface area contributed by atoms with Crippen LogP contribution in [0, 0.1) is 17.8 Å². The number of likely N-dealkylation sites (tertiary alicyclic amines) is 1. The second kappa shape index (κ2) is 13.6. The number of hydrogen-bond acceptors (Lipinski definition) is 4. The number of hydrogen-bond donors (Lipinski definition) is 1. The van der Waals surface area contributed by atoms with E-state index < -0.39 is 0 Å². The fourth-order valence-electron chi connectivity index (χ4n) is 4.30. The van der Waals surface area contributed by atoms with Gasteiger partial charge in [0.25, 0.3) is 0 Å². The van der Waals surface area contributed by atoms with Crippen LogP contribution in [0.4, 0.5) is 0 Å². The summed E-state index contributed by atoms with van der Waals surface area (Å²) in [6.07, 6.45) is 2.81. The van der Waals surface area contributed by atoms with Gasteiger partial charge in [0, 0.05) is 26.2 Å². The number of piperidine rings is 1. The Labute approximate surface area is 201 Å². The number of amides is 2. The molecular weight excluding hydrogens is 414 g/mol. The first-order chi connectivity index (χ1) is 15.7. The Hall–Kier alpha value is -2.08. The molecule has 0 spiro atoms. The lowest BCUT2D eigenvalue weighted by molar-refractivity contribution is -0.144. The second-order valence-corrected chi connectivity index (χ2v) is 10.5. The number of benzene rings is 1. The molecule has 186 valence electrons. The zero-order valence-corrected chi connectivity index (χ0v) is 21.5. The van der Waals surface area contributed by atoms with E-state index in [1.807, 2.05) is 35.2 Å². The van der Waals surface area contributed by atoms with Crippen LogP contribution < -0.4 is 10.1 Å². The molecule has 2 aliphatic rings. The molecule has 2 fully saturated rings. The highest BCUT2D eigenvalue weighted by molar-refractivity contribution is 5.88. The Morgan fingerprint density at radius 2 is 1.64 bits per heavy atom. The summed E-state index contributed by atoms with van der Waals surface area (Å²) in [4.78, 5) is 29.1. The van der Waals surface area contributed by atoms with Gasteiger partial charge in [-0.2, -0.15) is 0 Å². The Balaban J connectivity index is 0.000000890. The Morgan fingerprint density at radius 1 is 1.03 bits per heavy atom. The molecule has 6 nitrogen and oxygen atoms in total. The predicted octanol–water partition coefficient (Wildman–Crippen LogP) is 4.20. The van der Waals surface area contributed by atoms with Crippen molar-refractivity contribution in [3.63, 3.8) is 0 Å². The lowest BCUT2D eigenvalue weighted by Gasteiger charge is -2.37. The third-order valence-corrected chi connectivity index (χ3v) is 6.04. The van der Waals surface area contributed by atoms with Crippen molar-refractivity contribution >= 4 is 11.8 Å². The molecule has 1 aromatic rings. The molecule has 1 aromatic carbocycles. The highest BCUT2D eigenvalue weighted by atomic mass is 16.5. The molecule has 2 saturated heterocycles. The number of nitrogens with one attached hydrogen (secondary N) is 1. The highest BCUT2D eigenvalue weighted by Gasteiger charge is 2.32. The molecule has 2 heterocycles. The van der Waals surface area contributed by atoms with Crippen LogP contribution >= 0.6 is 0 Å². The average Bonchev–Trinajstić information content (AvgIpc) is 2.76. The molecule has 6 heteroatoms. The maximum absolute atomic E-state index is 12.8. The summed E-state index contributed by atoms with van der Waals surface area (Å²) in [7, 11) is 0. The summed E-state index contributed by atoms with van der Waals surface area (Å²) in [5, 5.41) is 3.29. The van der Waals surface area contributed by atoms with E-state index in [1.54, 1.807) is 4.90 Å². The van der Waals surface area contributed by atoms with Gasteiger partial charge in [-0.25, -0.2) is 0 Å². The number of piperazine rings is 1. The third-order valence-electron chi connectivity index (χ3n) is 6.04. The van der Waals surface area contributed by atoms with Crippen LogP contribution in [0.2, 0.25) is 0 Å². The van der Waals surface area contributed by atoms with Crippen molar-refractivity contribution in [2.24, 2.45) is 17.8 Å². The van der Waals surface area contributed by atoms with E-state index in [-0.39, 0.29) is 30.5 Å². The quantitative estimate of drug-likeness (QED) is 0.664. The van der Waals surface area contributed by atoms with Crippen molar-refractivity contribution in [3.8, 4) is 5.75 Å². The van der Waals surface area contributed by atoms with Gasteiger partial charge >= 0.3 is 0 Å². The minimum Gasteiger partial charge on any atom is -0.490 e. The number of carbonyl (C=O) groups excluding carboxylic acids is 2. The van der Waals surface area contributed by atoms with E-state index in [1.165, 1.54) is 0 Å². The molecule has 0 saturated carbocycles. The van der Waals surface area contributed by atoms with Gasteiger partial charge in [0.1, 0.15) is 5.75 Å². The first-order valence-electron chi connectivity index (χ1n) is 12.7. The fraction of sp³-hybridized carbons (Fsp3) is 0.704. The molecule has 0 aromatic heterocycles. The van der Waals surface area contributed by atoms with Crippen LogP contribution in [0.15, 0.2) is 30.3 Å². The topological polar surface area (TPSA) is 61.9 Å². The van der Waals surface area contributed by atoms with Crippen LogP contribution in [0.3, 0.4) is 0 Å². The summed E-state index contributed by atoms with van der Waals surface area (Å²) in [5.41, 5.74) is 0. The molecule has 0 radical (unpaired) electrons. The zero-order chi connectivity index (χ0) is 24.4. The maximum atomic E-state index is 12.8. The summed E-state index contributed by atoms with van der Waals surface area (Å²) in [6, 6.07) is 9.74. The number of ether oxygens (including phenoxy) is 1. The van der Waals surface area contributed by atoms with Crippen LogP contribution in [0.25, 0.3) is 0 Å². The lowest BCUT2D eigenvalue weighted by Crippen LogP contribution is -2.57. The molecule has 0 aliphatic carbocycles. The molecule has 33 heavy (non-hydrogen) atoms. The van der Waals surface area contributed by atoms with Gasteiger partial charge in [-0.15, -0.1) is 0 Å². The number of carbonyl (C=O) groups is 2. The number of nitrogens with zero attached hydrogens (tertiary/aromatic N) is 2. The van der Waals surface area contributed by atoms with Gasteiger partial charge in [-0.3, -0.25) is 9.59 Å². The molecule has 0 bridgehead atoms. The maximum Gasteiger partial charge on any atom is 0.242 e. The summed E-state index contributed by atoms with van der Waals surface area (Å²) in [5.74, 6) is 2.75. The Kier molecular flexibility index (Phi) is 11.2. The van der Waals surface area contributed by atoms with Gasteiger partial charge in [-0.05, 0) is 56.1 Å². The molecule has 2 aliphatic heterocycles. The van der Waals surface area contributed by atoms with Crippen molar-refractivity contribution in [2.45, 2.75) is 73.0 Å². The van der Waals surface area contributed by atoms with E-state index >= 15 is 0 Å². The average molecular weight is 460 g/mol. The largest absolute Gasteiger partial charge is 0.490 e. The molecule has 2 amide bonds. The smallest absolute Gasteiger partial charge is 0.242 e. The van der Waals surface area contributed by atoms with Crippen molar-refractivity contribution in [1.82, 2.24) is 15.1 Å². The Bertz CT molecular complexity index is 712. The van der Waals surface area contributed by atoms with Gasteiger partial charge < -0.3 is 19.9 Å². The van der Waals surface area contributed by atoms with E-state index in [0.717, 1.165) is 50.6 Å². The molecular formula is C27H45N3O3. The van der Waals surface area contributed by atoms with Crippen LogP contribution in [0.5, 0.6) is 5.75 Å². The van der Waals surface area contributed by atoms with Gasteiger partial charge in [-0.1, -0.05) is 52.8 Å². The minimum atomic E-state index is -0.154.